The van der Waals surface area contributed by atoms with Gasteiger partial charge in [-0.1, -0.05) is 0 Å². The molecule has 0 aromatic heterocycles. The molecule has 2 saturated heterocycles. The quantitative estimate of drug-likeness (QED) is 0.840. The van der Waals surface area contributed by atoms with Crippen LogP contribution in [0.1, 0.15) is 32.6 Å². The van der Waals surface area contributed by atoms with Crippen molar-refractivity contribution in [3.63, 3.8) is 0 Å². The molecule has 0 aliphatic carbocycles. The van der Waals surface area contributed by atoms with E-state index in [4.69, 9.17) is 9.47 Å². The number of methoxy groups -OCH3 is 1. The largest absolute Gasteiger partial charge is 0.390 e. The van der Waals surface area contributed by atoms with Crippen molar-refractivity contribution in [1.29, 1.82) is 0 Å². The third-order valence-corrected chi connectivity index (χ3v) is 5.47. The zero-order chi connectivity index (χ0) is 12.4. The number of hydrogen-bond acceptors (Lipinski definition) is 4. The Morgan fingerprint density at radius 3 is 3.06 bits per heavy atom. The van der Waals surface area contributed by atoms with Crippen LogP contribution in [0.2, 0.25) is 0 Å². The lowest BCUT2D eigenvalue weighted by atomic mass is 9.75. The van der Waals surface area contributed by atoms with Gasteiger partial charge in [0, 0.05) is 26.1 Å². The molecule has 1 spiro atoms. The minimum atomic E-state index is -0.611. The summed E-state index contributed by atoms with van der Waals surface area (Å²) in [5.41, 5.74) is -0.551. The second kappa shape index (κ2) is 5.47. The van der Waals surface area contributed by atoms with E-state index in [0.29, 0.717) is 12.5 Å². The Kier molecular flexibility index (Phi) is 4.40. The van der Waals surface area contributed by atoms with Crippen LogP contribution in [0.5, 0.6) is 0 Å². The number of rotatable bonds is 4. The Labute approximate surface area is 108 Å². The normalized spacial score (nSPS) is 37.2. The zero-order valence-electron chi connectivity index (χ0n) is 10.9. The molecule has 3 nitrogen and oxygen atoms in total. The molecule has 2 aliphatic rings. The van der Waals surface area contributed by atoms with Gasteiger partial charge in [-0.05, 0) is 44.3 Å². The molecule has 4 heteroatoms. The minimum absolute atomic E-state index is 0.0602. The van der Waals surface area contributed by atoms with Gasteiger partial charge in [-0.2, -0.15) is 11.8 Å². The number of aliphatic hydroxyl groups is 1. The van der Waals surface area contributed by atoms with Crippen molar-refractivity contribution in [2.75, 3.05) is 31.8 Å². The molecule has 0 aromatic carbocycles. The molecule has 17 heavy (non-hydrogen) atoms. The first kappa shape index (κ1) is 13.7. The first-order valence-corrected chi connectivity index (χ1v) is 7.66. The van der Waals surface area contributed by atoms with Crippen molar-refractivity contribution in [3.8, 4) is 0 Å². The van der Waals surface area contributed by atoms with Gasteiger partial charge >= 0.3 is 0 Å². The van der Waals surface area contributed by atoms with E-state index in [1.54, 1.807) is 7.11 Å². The Morgan fingerprint density at radius 1 is 1.59 bits per heavy atom. The van der Waals surface area contributed by atoms with Crippen molar-refractivity contribution < 1.29 is 14.6 Å². The lowest BCUT2D eigenvalue weighted by Gasteiger charge is -2.43. The second-order valence-corrected chi connectivity index (χ2v) is 6.73. The molecular formula is C13H24O3S. The molecule has 0 amide bonds. The van der Waals surface area contributed by atoms with Crippen LogP contribution in [-0.4, -0.2) is 48.1 Å². The monoisotopic (exact) mass is 260 g/mol. The van der Waals surface area contributed by atoms with E-state index in [1.165, 1.54) is 5.75 Å². The third kappa shape index (κ3) is 3.16. The van der Waals surface area contributed by atoms with Gasteiger partial charge in [0.05, 0.1) is 11.2 Å². The molecule has 100 valence electrons. The summed E-state index contributed by atoms with van der Waals surface area (Å²) < 4.78 is 11.1. The SMILES string of the molecule is COCCC(C)(O)C1CCOC2(CCSC2)C1. The van der Waals surface area contributed by atoms with E-state index >= 15 is 0 Å². The molecular weight excluding hydrogens is 236 g/mol. The van der Waals surface area contributed by atoms with E-state index in [-0.39, 0.29) is 5.60 Å². The standard InChI is InChI=1S/C13H24O3S/c1-12(14,4-7-15-2)11-3-6-16-13(9-11)5-8-17-10-13/h11,14H,3-10H2,1-2H3. The van der Waals surface area contributed by atoms with Crippen molar-refractivity contribution >= 4 is 11.8 Å². The Bertz CT molecular complexity index is 249. The maximum Gasteiger partial charge on any atom is 0.0784 e. The van der Waals surface area contributed by atoms with E-state index in [0.717, 1.165) is 38.0 Å². The molecule has 2 rings (SSSR count). The van der Waals surface area contributed by atoms with Crippen LogP contribution in [-0.2, 0) is 9.47 Å². The highest BCUT2D eigenvalue weighted by molar-refractivity contribution is 7.99. The molecule has 2 heterocycles. The Hall–Kier alpha value is 0.230. The van der Waals surface area contributed by atoms with Crippen molar-refractivity contribution in [2.24, 2.45) is 5.92 Å². The highest BCUT2D eigenvalue weighted by Crippen LogP contribution is 2.44. The fourth-order valence-corrected chi connectivity index (χ4v) is 4.31. The number of ether oxygens (including phenoxy) is 2. The zero-order valence-corrected chi connectivity index (χ0v) is 11.7. The average molecular weight is 260 g/mol. The third-order valence-electron chi connectivity index (χ3n) is 4.25. The molecule has 0 radical (unpaired) electrons. The summed E-state index contributed by atoms with van der Waals surface area (Å²) in [6.07, 6.45) is 3.85. The van der Waals surface area contributed by atoms with Crippen LogP contribution >= 0.6 is 11.8 Å². The van der Waals surface area contributed by atoms with E-state index in [2.05, 4.69) is 0 Å². The van der Waals surface area contributed by atoms with Gasteiger partial charge in [-0.25, -0.2) is 0 Å². The highest BCUT2D eigenvalue weighted by Gasteiger charge is 2.45. The summed E-state index contributed by atoms with van der Waals surface area (Å²) in [6, 6.07) is 0. The van der Waals surface area contributed by atoms with Crippen molar-refractivity contribution in [3.05, 3.63) is 0 Å². The molecule has 0 aromatic rings. The maximum absolute atomic E-state index is 10.6. The van der Waals surface area contributed by atoms with Crippen LogP contribution in [0, 0.1) is 5.92 Å². The fourth-order valence-electron chi connectivity index (χ4n) is 2.93. The minimum Gasteiger partial charge on any atom is -0.390 e. The number of thioether (sulfide) groups is 1. The first-order chi connectivity index (χ1) is 8.08. The number of hydrogen-bond donors (Lipinski definition) is 1. The van der Waals surface area contributed by atoms with Crippen molar-refractivity contribution in [2.45, 2.75) is 43.8 Å². The summed E-state index contributed by atoms with van der Waals surface area (Å²) in [5, 5.41) is 10.6. The Balaban J connectivity index is 1.96. The molecule has 0 bridgehead atoms. The summed E-state index contributed by atoms with van der Waals surface area (Å²) in [5.74, 6) is 2.65. The lowest BCUT2D eigenvalue weighted by molar-refractivity contribution is -0.131. The molecule has 2 aliphatic heterocycles. The van der Waals surface area contributed by atoms with Crippen LogP contribution in [0.3, 0.4) is 0 Å². The lowest BCUT2D eigenvalue weighted by Crippen LogP contribution is -2.47. The summed E-state index contributed by atoms with van der Waals surface area (Å²) in [7, 11) is 1.69. The summed E-state index contributed by atoms with van der Waals surface area (Å²) >= 11 is 1.98. The molecule has 3 atom stereocenters. The van der Waals surface area contributed by atoms with E-state index < -0.39 is 5.60 Å². The van der Waals surface area contributed by atoms with Gasteiger partial charge < -0.3 is 14.6 Å². The van der Waals surface area contributed by atoms with Crippen LogP contribution in [0.4, 0.5) is 0 Å². The average Bonchev–Trinajstić information content (AvgIpc) is 2.75. The van der Waals surface area contributed by atoms with E-state index in [9.17, 15) is 5.11 Å². The fraction of sp³-hybridized carbons (Fsp3) is 1.00. The molecule has 1 N–H and O–H groups in total. The van der Waals surface area contributed by atoms with Crippen LogP contribution < -0.4 is 0 Å². The summed E-state index contributed by atoms with van der Waals surface area (Å²) in [4.78, 5) is 0. The molecule has 0 saturated carbocycles. The molecule has 2 fully saturated rings. The predicted octanol–water partition coefficient (Wildman–Crippen LogP) is 2.08. The van der Waals surface area contributed by atoms with Crippen LogP contribution in [0.25, 0.3) is 0 Å². The van der Waals surface area contributed by atoms with Crippen molar-refractivity contribution in [1.82, 2.24) is 0 Å². The second-order valence-electron chi connectivity index (χ2n) is 5.62. The van der Waals surface area contributed by atoms with E-state index in [1.807, 2.05) is 18.7 Å². The summed E-state index contributed by atoms with van der Waals surface area (Å²) in [6.45, 7) is 3.39. The van der Waals surface area contributed by atoms with Gasteiger partial charge in [-0.3, -0.25) is 0 Å². The highest BCUT2D eigenvalue weighted by atomic mass is 32.2. The van der Waals surface area contributed by atoms with Gasteiger partial charge in [0.25, 0.3) is 0 Å². The van der Waals surface area contributed by atoms with Gasteiger partial charge in [-0.15, -0.1) is 0 Å². The molecule has 3 unspecified atom stereocenters. The van der Waals surface area contributed by atoms with Crippen LogP contribution in [0.15, 0.2) is 0 Å². The van der Waals surface area contributed by atoms with Gasteiger partial charge in [0.15, 0.2) is 0 Å². The predicted molar refractivity (Wildman–Crippen MR) is 70.5 cm³/mol. The maximum atomic E-state index is 10.6. The van der Waals surface area contributed by atoms with Gasteiger partial charge in [0.1, 0.15) is 0 Å². The van der Waals surface area contributed by atoms with Gasteiger partial charge in [0.2, 0.25) is 0 Å². The topological polar surface area (TPSA) is 38.7 Å². The Morgan fingerprint density at radius 2 is 2.41 bits per heavy atom. The first-order valence-electron chi connectivity index (χ1n) is 6.51. The smallest absolute Gasteiger partial charge is 0.0784 e.